The molecule has 0 aromatic rings. The molecule has 0 aromatic carbocycles. The minimum absolute atomic E-state index is 0.445. The van der Waals surface area contributed by atoms with E-state index < -0.39 is 43.3 Å². The van der Waals surface area contributed by atoms with E-state index in [9.17, 15) is 15.0 Å². The molecule has 7 nitrogen and oxygen atoms in total. The number of hydrogen-bond donors (Lipinski definition) is 4. The highest BCUT2D eigenvalue weighted by molar-refractivity contribution is 5.70. The van der Waals surface area contributed by atoms with E-state index in [1.807, 2.05) is 0 Å². The Morgan fingerprint density at radius 1 is 1.43 bits per heavy atom. The van der Waals surface area contributed by atoms with Crippen LogP contribution in [0.2, 0.25) is 0 Å². The molecule has 7 heteroatoms. The molecule has 0 saturated carbocycles. The maximum atomic E-state index is 10.8. The van der Waals surface area contributed by atoms with Crippen molar-refractivity contribution in [1.82, 2.24) is 5.32 Å². The van der Waals surface area contributed by atoms with Gasteiger partial charge in [0, 0.05) is 0 Å². The molecular formula is C7H11NO6. The van der Waals surface area contributed by atoms with Gasteiger partial charge in [-0.25, -0.2) is 4.79 Å². The van der Waals surface area contributed by atoms with Gasteiger partial charge in [-0.3, -0.25) is 0 Å². The first-order valence-corrected chi connectivity index (χ1v) is 4.23. The number of ether oxygens (including phenoxy) is 2. The lowest BCUT2D eigenvalue weighted by atomic mass is 9.98. The van der Waals surface area contributed by atoms with E-state index in [1.165, 1.54) is 0 Å². The first kappa shape index (κ1) is 9.66. The Morgan fingerprint density at radius 3 is 2.79 bits per heavy atom. The summed E-state index contributed by atoms with van der Waals surface area (Å²) in [4.78, 5) is 10.8. The topological polar surface area (TPSA) is 108 Å². The first-order chi connectivity index (χ1) is 6.63. The zero-order chi connectivity index (χ0) is 10.3. The Morgan fingerprint density at radius 2 is 2.14 bits per heavy atom. The smallest absolute Gasteiger partial charge is 0.408 e. The van der Waals surface area contributed by atoms with E-state index in [4.69, 9.17) is 14.6 Å². The Balaban J connectivity index is 2.15. The summed E-state index contributed by atoms with van der Waals surface area (Å²) in [5, 5.41) is 30.0. The van der Waals surface area contributed by atoms with Gasteiger partial charge in [0.25, 0.3) is 0 Å². The molecule has 80 valence electrons. The van der Waals surface area contributed by atoms with Crippen LogP contribution in [-0.4, -0.2) is 58.7 Å². The van der Waals surface area contributed by atoms with Gasteiger partial charge in [0.05, 0.1) is 6.61 Å². The molecule has 2 saturated heterocycles. The van der Waals surface area contributed by atoms with Crippen LogP contribution in [0.4, 0.5) is 4.79 Å². The molecule has 0 aliphatic carbocycles. The summed E-state index contributed by atoms with van der Waals surface area (Å²) in [6.07, 6.45) is -4.91. The third-order valence-corrected chi connectivity index (χ3v) is 2.40. The Bertz CT molecular complexity index is 246. The zero-order valence-electron chi connectivity index (χ0n) is 7.16. The van der Waals surface area contributed by atoms with Crippen molar-refractivity contribution in [2.45, 2.75) is 30.6 Å². The highest BCUT2D eigenvalue weighted by Crippen LogP contribution is 2.25. The average molecular weight is 205 g/mol. The molecule has 0 spiro atoms. The largest absolute Gasteiger partial charge is 0.441 e. The van der Waals surface area contributed by atoms with Crippen LogP contribution < -0.4 is 5.32 Å². The highest BCUT2D eigenvalue weighted by Gasteiger charge is 2.51. The summed E-state index contributed by atoms with van der Waals surface area (Å²) < 4.78 is 9.60. The van der Waals surface area contributed by atoms with Crippen LogP contribution in [-0.2, 0) is 9.47 Å². The van der Waals surface area contributed by atoms with E-state index in [2.05, 4.69) is 5.32 Å². The average Bonchev–Trinajstić information content (AvgIpc) is 2.54. The van der Waals surface area contributed by atoms with E-state index in [-0.39, 0.29) is 0 Å². The molecule has 2 heterocycles. The van der Waals surface area contributed by atoms with Crippen molar-refractivity contribution >= 4 is 6.09 Å². The van der Waals surface area contributed by atoms with Crippen molar-refractivity contribution in [3.05, 3.63) is 0 Å². The van der Waals surface area contributed by atoms with Crippen LogP contribution in [0.15, 0.2) is 0 Å². The predicted molar refractivity (Wildman–Crippen MR) is 41.2 cm³/mol. The summed E-state index contributed by atoms with van der Waals surface area (Å²) in [6.45, 7) is -0.445. The normalized spacial score (nSPS) is 46.8. The molecule has 5 unspecified atom stereocenters. The van der Waals surface area contributed by atoms with Gasteiger partial charge in [-0.1, -0.05) is 0 Å². The molecule has 2 aliphatic heterocycles. The molecule has 4 N–H and O–H groups in total. The summed E-state index contributed by atoms with van der Waals surface area (Å²) in [6, 6.07) is -0.778. The van der Waals surface area contributed by atoms with Crippen LogP contribution in [0.5, 0.6) is 0 Å². The Labute approximate surface area is 79.2 Å². The second-order valence-electron chi connectivity index (χ2n) is 3.28. The molecule has 0 aromatic heterocycles. The number of nitrogens with one attached hydrogen (secondary N) is 1. The Hall–Kier alpha value is -0.890. The number of aliphatic hydroxyl groups is 3. The number of carbonyl (C=O) groups excluding carboxylic acids is 1. The zero-order valence-corrected chi connectivity index (χ0v) is 7.16. The number of alkyl carbamates (subject to hydrolysis) is 1. The van der Waals surface area contributed by atoms with Crippen molar-refractivity contribution in [1.29, 1.82) is 0 Å². The van der Waals surface area contributed by atoms with E-state index >= 15 is 0 Å². The van der Waals surface area contributed by atoms with E-state index in [0.717, 1.165) is 0 Å². The van der Waals surface area contributed by atoms with Crippen molar-refractivity contribution < 1.29 is 29.6 Å². The summed E-state index contributed by atoms with van der Waals surface area (Å²) >= 11 is 0. The second-order valence-corrected chi connectivity index (χ2v) is 3.28. The lowest BCUT2D eigenvalue weighted by Crippen LogP contribution is -2.59. The fraction of sp³-hybridized carbons (Fsp3) is 0.857. The van der Waals surface area contributed by atoms with Crippen molar-refractivity contribution in [3.8, 4) is 0 Å². The SMILES string of the molecule is O=C1NC2C(O)OC(CO)C(O)C2O1. The molecular weight excluding hydrogens is 194 g/mol. The number of fused-ring (bicyclic) bond motifs is 1. The molecule has 0 radical (unpaired) electrons. The van der Waals surface area contributed by atoms with Crippen LogP contribution in [0.3, 0.4) is 0 Å². The lowest BCUT2D eigenvalue weighted by molar-refractivity contribution is -0.240. The lowest BCUT2D eigenvalue weighted by Gasteiger charge is -2.36. The standard InChI is InChI=1S/C7H11NO6/c9-1-2-4(10)5-3(6(11)13-2)8-7(12)14-5/h2-6,9-11H,1H2,(H,8,12). The number of rotatable bonds is 1. The van der Waals surface area contributed by atoms with Crippen LogP contribution in [0, 0.1) is 0 Å². The fourth-order valence-electron chi connectivity index (χ4n) is 1.67. The van der Waals surface area contributed by atoms with Crippen LogP contribution >= 0.6 is 0 Å². The van der Waals surface area contributed by atoms with Crippen molar-refractivity contribution in [2.24, 2.45) is 0 Å². The van der Waals surface area contributed by atoms with Crippen LogP contribution in [0.25, 0.3) is 0 Å². The minimum atomic E-state index is -1.27. The highest BCUT2D eigenvalue weighted by atomic mass is 16.6. The van der Waals surface area contributed by atoms with Gasteiger partial charge < -0.3 is 30.1 Å². The monoisotopic (exact) mass is 205 g/mol. The maximum Gasteiger partial charge on any atom is 0.408 e. The third-order valence-electron chi connectivity index (χ3n) is 2.40. The number of aliphatic hydroxyl groups excluding tert-OH is 3. The molecule has 2 fully saturated rings. The quantitative estimate of drug-likeness (QED) is 0.378. The van der Waals surface area contributed by atoms with Gasteiger partial charge >= 0.3 is 6.09 Å². The third kappa shape index (κ3) is 1.34. The van der Waals surface area contributed by atoms with Gasteiger partial charge in [0.1, 0.15) is 18.2 Å². The number of carbonyl (C=O) groups is 1. The molecule has 2 aliphatic rings. The van der Waals surface area contributed by atoms with Crippen molar-refractivity contribution in [3.63, 3.8) is 0 Å². The Kier molecular flexibility index (Phi) is 2.31. The number of amides is 1. The van der Waals surface area contributed by atoms with Gasteiger partial charge in [0.15, 0.2) is 12.4 Å². The molecule has 5 atom stereocenters. The summed E-state index contributed by atoms with van der Waals surface area (Å²) in [5.41, 5.74) is 0. The van der Waals surface area contributed by atoms with E-state index in [1.54, 1.807) is 0 Å². The maximum absolute atomic E-state index is 10.8. The first-order valence-electron chi connectivity index (χ1n) is 4.23. The molecule has 14 heavy (non-hydrogen) atoms. The van der Waals surface area contributed by atoms with Gasteiger partial charge in [-0.2, -0.15) is 0 Å². The van der Waals surface area contributed by atoms with Gasteiger partial charge in [-0.15, -0.1) is 0 Å². The molecule has 0 bridgehead atoms. The molecule has 2 rings (SSSR count). The van der Waals surface area contributed by atoms with Gasteiger partial charge in [0.2, 0.25) is 0 Å². The number of hydrogen-bond acceptors (Lipinski definition) is 6. The second kappa shape index (κ2) is 3.35. The minimum Gasteiger partial charge on any atom is -0.441 e. The van der Waals surface area contributed by atoms with Crippen LogP contribution in [0.1, 0.15) is 0 Å². The molecule has 1 amide bonds. The van der Waals surface area contributed by atoms with E-state index in [0.29, 0.717) is 0 Å². The predicted octanol–water partition coefficient (Wildman–Crippen LogP) is -2.47. The van der Waals surface area contributed by atoms with Gasteiger partial charge in [-0.05, 0) is 0 Å². The van der Waals surface area contributed by atoms with Crippen molar-refractivity contribution in [2.75, 3.05) is 6.61 Å². The fourth-order valence-corrected chi connectivity index (χ4v) is 1.67. The summed E-state index contributed by atoms with van der Waals surface area (Å²) in [5.74, 6) is 0. The summed E-state index contributed by atoms with van der Waals surface area (Å²) in [7, 11) is 0.